The number of hydrogen-bond donors (Lipinski definition) is 0. The molecule has 7 heteroatoms. The Morgan fingerprint density at radius 1 is 1.38 bits per heavy atom. The van der Waals surface area contributed by atoms with Crippen LogP contribution in [0.1, 0.15) is 39.7 Å². The fourth-order valence-electron chi connectivity index (χ4n) is 2.74. The minimum absolute atomic E-state index is 0.0323. The molecule has 1 atom stereocenters. The van der Waals surface area contributed by atoms with E-state index in [0.717, 1.165) is 25.9 Å². The highest BCUT2D eigenvalue weighted by molar-refractivity contribution is 7.89. The van der Waals surface area contributed by atoms with Crippen molar-refractivity contribution in [2.75, 3.05) is 26.7 Å². The first-order chi connectivity index (χ1) is 9.86. The minimum atomic E-state index is -3.46. The molecular weight excluding hydrogens is 288 g/mol. The third kappa shape index (κ3) is 3.46. The number of rotatable bonds is 4. The summed E-state index contributed by atoms with van der Waals surface area (Å²) in [6.45, 7) is 8.32. The van der Waals surface area contributed by atoms with Gasteiger partial charge in [0.15, 0.2) is 0 Å². The van der Waals surface area contributed by atoms with Crippen molar-refractivity contribution < 1.29 is 8.42 Å². The Morgan fingerprint density at radius 3 is 2.67 bits per heavy atom. The van der Waals surface area contributed by atoms with Gasteiger partial charge in [0.1, 0.15) is 4.90 Å². The summed E-state index contributed by atoms with van der Waals surface area (Å²) >= 11 is 0. The van der Waals surface area contributed by atoms with Crippen molar-refractivity contribution in [2.24, 2.45) is 0 Å². The van der Waals surface area contributed by atoms with Crippen molar-refractivity contribution in [3.63, 3.8) is 0 Å². The molecule has 2 rings (SSSR count). The number of aromatic nitrogens is 2. The second kappa shape index (κ2) is 6.46. The van der Waals surface area contributed by atoms with Gasteiger partial charge in [-0.3, -0.25) is 4.68 Å². The zero-order valence-electron chi connectivity index (χ0n) is 13.4. The number of nitrogens with zero attached hydrogens (tertiary/aromatic N) is 4. The monoisotopic (exact) mass is 314 g/mol. The van der Waals surface area contributed by atoms with Crippen LogP contribution in [0.5, 0.6) is 0 Å². The minimum Gasteiger partial charge on any atom is -0.305 e. The maximum atomic E-state index is 12.9. The van der Waals surface area contributed by atoms with E-state index in [2.05, 4.69) is 17.0 Å². The van der Waals surface area contributed by atoms with E-state index in [9.17, 15) is 8.42 Å². The molecule has 1 unspecified atom stereocenters. The lowest BCUT2D eigenvalue weighted by atomic mass is 10.2. The summed E-state index contributed by atoms with van der Waals surface area (Å²) in [7, 11) is -1.41. The molecule has 2 heterocycles. The van der Waals surface area contributed by atoms with E-state index >= 15 is 0 Å². The first-order valence-corrected chi connectivity index (χ1v) is 9.04. The van der Waals surface area contributed by atoms with Gasteiger partial charge in [-0.25, -0.2) is 8.42 Å². The maximum absolute atomic E-state index is 12.9. The Bertz CT molecular complexity index is 567. The predicted molar refractivity (Wildman–Crippen MR) is 82.7 cm³/mol. The lowest BCUT2D eigenvalue weighted by Gasteiger charge is -2.28. The summed E-state index contributed by atoms with van der Waals surface area (Å²) in [5, 5.41) is 4.17. The number of likely N-dealkylation sites (N-methyl/N-ethyl adjacent to an activating group) is 1. The first kappa shape index (κ1) is 16.5. The van der Waals surface area contributed by atoms with Gasteiger partial charge in [0.25, 0.3) is 0 Å². The molecule has 1 fully saturated rings. The van der Waals surface area contributed by atoms with Crippen LogP contribution in [0, 0.1) is 0 Å². The van der Waals surface area contributed by atoms with E-state index in [1.54, 1.807) is 15.2 Å². The van der Waals surface area contributed by atoms with Crippen molar-refractivity contribution in [2.45, 2.75) is 50.6 Å². The van der Waals surface area contributed by atoms with E-state index in [1.807, 2.05) is 20.8 Å². The Balaban J connectivity index is 2.31. The van der Waals surface area contributed by atoms with Crippen molar-refractivity contribution >= 4 is 10.0 Å². The van der Waals surface area contributed by atoms with Crippen LogP contribution in [-0.2, 0) is 10.0 Å². The summed E-state index contributed by atoms with van der Waals surface area (Å²) in [6, 6.07) is 0.191. The van der Waals surface area contributed by atoms with Gasteiger partial charge in [-0.1, -0.05) is 6.92 Å². The molecule has 1 aromatic rings. The van der Waals surface area contributed by atoms with Gasteiger partial charge in [-0.15, -0.1) is 0 Å². The van der Waals surface area contributed by atoms with Gasteiger partial charge in [0, 0.05) is 31.4 Å². The zero-order valence-corrected chi connectivity index (χ0v) is 14.2. The summed E-state index contributed by atoms with van der Waals surface area (Å²) < 4.78 is 29.2. The van der Waals surface area contributed by atoms with E-state index < -0.39 is 10.0 Å². The molecule has 0 N–H and O–H groups in total. The summed E-state index contributed by atoms with van der Waals surface area (Å²) in [4.78, 5) is 2.51. The number of hydrogen-bond acceptors (Lipinski definition) is 4. The van der Waals surface area contributed by atoms with E-state index in [4.69, 9.17) is 0 Å². The van der Waals surface area contributed by atoms with Gasteiger partial charge in [-0.2, -0.15) is 9.40 Å². The maximum Gasteiger partial charge on any atom is 0.246 e. The molecule has 1 aromatic heterocycles. The fraction of sp³-hybridized carbons (Fsp3) is 0.786. The van der Waals surface area contributed by atoms with E-state index in [1.165, 1.54) is 6.20 Å². The van der Waals surface area contributed by atoms with Crippen LogP contribution in [0.25, 0.3) is 0 Å². The molecule has 1 aliphatic rings. The van der Waals surface area contributed by atoms with Crippen LogP contribution < -0.4 is 0 Å². The van der Waals surface area contributed by atoms with Gasteiger partial charge in [0.2, 0.25) is 10.0 Å². The molecule has 0 saturated carbocycles. The molecule has 6 nitrogen and oxygen atoms in total. The smallest absolute Gasteiger partial charge is 0.246 e. The Labute approximate surface area is 127 Å². The molecule has 0 spiro atoms. The Kier molecular flexibility index (Phi) is 5.06. The Hall–Kier alpha value is -0.920. The van der Waals surface area contributed by atoms with Crippen molar-refractivity contribution in [3.05, 3.63) is 12.4 Å². The topological polar surface area (TPSA) is 58.4 Å². The van der Waals surface area contributed by atoms with Crippen molar-refractivity contribution in [1.29, 1.82) is 0 Å². The highest BCUT2D eigenvalue weighted by Crippen LogP contribution is 2.23. The average Bonchev–Trinajstić information content (AvgIpc) is 2.84. The van der Waals surface area contributed by atoms with Gasteiger partial charge < -0.3 is 4.90 Å². The first-order valence-electron chi connectivity index (χ1n) is 7.60. The highest BCUT2D eigenvalue weighted by atomic mass is 32.2. The van der Waals surface area contributed by atoms with Crippen molar-refractivity contribution in [1.82, 2.24) is 19.0 Å². The third-order valence-electron chi connectivity index (χ3n) is 4.03. The average molecular weight is 314 g/mol. The van der Waals surface area contributed by atoms with E-state index in [0.29, 0.717) is 11.4 Å². The van der Waals surface area contributed by atoms with Crippen LogP contribution in [0.2, 0.25) is 0 Å². The molecule has 0 bridgehead atoms. The zero-order chi connectivity index (χ0) is 15.6. The van der Waals surface area contributed by atoms with Gasteiger partial charge in [-0.05, 0) is 40.3 Å². The van der Waals surface area contributed by atoms with Crippen molar-refractivity contribution in [3.8, 4) is 0 Å². The van der Waals surface area contributed by atoms with Crippen LogP contribution in [0.4, 0.5) is 0 Å². The summed E-state index contributed by atoms with van der Waals surface area (Å²) in [6.07, 6.45) is 4.80. The lowest BCUT2D eigenvalue weighted by Crippen LogP contribution is -2.43. The number of sulfonamides is 1. The molecule has 0 aromatic carbocycles. The second-order valence-corrected chi connectivity index (χ2v) is 7.93. The largest absolute Gasteiger partial charge is 0.305 e. The van der Waals surface area contributed by atoms with Gasteiger partial charge >= 0.3 is 0 Å². The van der Waals surface area contributed by atoms with Crippen LogP contribution in [-0.4, -0.2) is 60.1 Å². The molecular formula is C14H26N4O2S. The standard InChI is InChI=1S/C14H26N4O2S/c1-5-13-10-16(4)7-6-8-18(13)21(19,20)14-9-15-17(11-14)12(2)3/h9,11-13H,5-8,10H2,1-4H3. The van der Waals surface area contributed by atoms with Crippen LogP contribution in [0.15, 0.2) is 17.3 Å². The van der Waals surface area contributed by atoms with Crippen LogP contribution in [0.3, 0.4) is 0 Å². The summed E-state index contributed by atoms with van der Waals surface area (Å²) in [5.74, 6) is 0. The SMILES string of the molecule is CCC1CN(C)CCCN1S(=O)(=O)c1cnn(C(C)C)c1. The molecule has 1 saturated heterocycles. The highest BCUT2D eigenvalue weighted by Gasteiger charge is 2.33. The quantitative estimate of drug-likeness (QED) is 0.846. The molecule has 0 amide bonds. The molecule has 21 heavy (non-hydrogen) atoms. The summed E-state index contributed by atoms with van der Waals surface area (Å²) in [5.41, 5.74) is 0. The predicted octanol–water partition coefficient (Wildman–Crippen LogP) is 1.57. The molecule has 1 aliphatic heterocycles. The molecule has 120 valence electrons. The second-order valence-electron chi connectivity index (χ2n) is 6.04. The van der Waals surface area contributed by atoms with Crippen LogP contribution >= 0.6 is 0 Å². The Morgan fingerprint density at radius 2 is 2.10 bits per heavy atom. The normalized spacial score (nSPS) is 22.6. The molecule has 0 radical (unpaired) electrons. The molecule has 0 aliphatic carbocycles. The van der Waals surface area contributed by atoms with Gasteiger partial charge in [0.05, 0.1) is 6.20 Å². The lowest BCUT2D eigenvalue weighted by molar-refractivity contribution is 0.270. The third-order valence-corrected chi connectivity index (χ3v) is 5.94. The fourth-order valence-corrected chi connectivity index (χ4v) is 4.41. The van der Waals surface area contributed by atoms with E-state index in [-0.39, 0.29) is 12.1 Å².